The first-order valence-electron chi connectivity index (χ1n) is 12.3. The third-order valence-electron chi connectivity index (χ3n) is 6.64. The van der Waals surface area contributed by atoms with E-state index in [2.05, 4.69) is 31.8 Å². The molecule has 0 aliphatic heterocycles. The van der Waals surface area contributed by atoms with Crippen LogP contribution in [0.15, 0.2) is 35.0 Å². The van der Waals surface area contributed by atoms with Crippen molar-refractivity contribution in [3.8, 4) is 0 Å². The van der Waals surface area contributed by atoms with Gasteiger partial charge in [0, 0.05) is 35.4 Å². The highest BCUT2D eigenvalue weighted by Gasteiger charge is 2.35. The van der Waals surface area contributed by atoms with E-state index in [4.69, 9.17) is 23.1 Å². The number of aromatic nitrogens is 2. The van der Waals surface area contributed by atoms with E-state index < -0.39 is 5.92 Å². The minimum atomic E-state index is -2.59. The van der Waals surface area contributed by atoms with Crippen molar-refractivity contribution in [3.05, 3.63) is 58.0 Å². The van der Waals surface area contributed by atoms with Gasteiger partial charge in [-0.25, -0.2) is 23.7 Å². The summed E-state index contributed by atoms with van der Waals surface area (Å²) in [6, 6.07) is 3.58. The van der Waals surface area contributed by atoms with Gasteiger partial charge in [0.15, 0.2) is 0 Å². The molecule has 0 bridgehead atoms. The van der Waals surface area contributed by atoms with Crippen molar-refractivity contribution in [2.45, 2.75) is 78.8 Å². The lowest BCUT2D eigenvalue weighted by Crippen LogP contribution is -2.32. The third-order valence-corrected chi connectivity index (χ3v) is 6.96. The molecule has 1 aromatic heterocycles. The number of amidine groups is 2. The van der Waals surface area contributed by atoms with Crippen LogP contribution in [0.4, 0.5) is 14.6 Å². The highest BCUT2D eigenvalue weighted by Crippen LogP contribution is 2.35. The molecule has 10 heteroatoms. The molecule has 3 rings (SSSR count). The van der Waals surface area contributed by atoms with E-state index in [9.17, 15) is 8.78 Å². The van der Waals surface area contributed by atoms with Crippen molar-refractivity contribution in [1.82, 2.24) is 9.97 Å². The Kier molecular flexibility index (Phi) is 8.57. The number of rotatable bonds is 7. The Labute approximate surface area is 222 Å². The minimum absolute atomic E-state index is 0.0814. The second-order valence-electron chi connectivity index (χ2n) is 10.6. The molecular weight excluding hydrogens is 496 g/mol. The average Bonchev–Trinajstić information content (AvgIpc) is 2.80. The van der Waals surface area contributed by atoms with E-state index in [1.165, 1.54) is 6.33 Å². The lowest BCUT2D eigenvalue weighted by molar-refractivity contribution is -0.0361. The number of aliphatic imine (C=N–C) groups is 2. The second-order valence-corrected chi connectivity index (χ2v) is 11.0. The lowest BCUT2D eigenvalue weighted by atomic mass is 9.92. The summed E-state index contributed by atoms with van der Waals surface area (Å²) in [6.45, 7) is 14.2. The number of anilines is 1. The van der Waals surface area contributed by atoms with E-state index in [0.717, 1.165) is 11.1 Å². The Hall–Kier alpha value is -3.07. The quantitative estimate of drug-likeness (QED) is 0.298. The molecule has 1 saturated carbocycles. The first kappa shape index (κ1) is 28.5. The summed E-state index contributed by atoms with van der Waals surface area (Å²) in [6.07, 6.45) is 1.87. The zero-order valence-electron chi connectivity index (χ0n) is 22.1. The lowest BCUT2D eigenvalue weighted by Gasteiger charge is -2.29. The summed E-state index contributed by atoms with van der Waals surface area (Å²) in [5.41, 5.74) is 16.2. The minimum Gasteiger partial charge on any atom is -0.387 e. The van der Waals surface area contributed by atoms with Crippen LogP contribution < -0.4 is 16.8 Å². The van der Waals surface area contributed by atoms with Gasteiger partial charge in [-0.3, -0.25) is 4.99 Å². The van der Waals surface area contributed by atoms with Crippen molar-refractivity contribution in [1.29, 1.82) is 0 Å². The van der Waals surface area contributed by atoms with Crippen molar-refractivity contribution >= 4 is 34.8 Å². The fourth-order valence-corrected chi connectivity index (χ4v) is 4.44. The number of hydrogen-bond donors (Lipinski definition) is 3. The summed E-state index contributed by atoms with van der Waals surface area (Å²) in [5, 5.41) is 3.73. The summed E-state index contributed by atoms with van der Waals surface area (Å²) in [5.74, 6) is -1.26. The SMILES string of the molecule is C=C(N=C(N)c1c(Cl)ccc(CN=C(N)C(C)(C)C)c1C)c1ncnc(NC2CCC(F)(F)CC2)c1C. The molecule has 0 unspecified atom stereocenters. The smallest absolute Gasteiger partial charge is 0.248 e. The van der Waals surface area contributed by atoms with E-state index in [1.54, 1.807) is 6.07 Å². The summed E-state index contributed by atoms with van der Waals surface area (Å²) < 4.78 is 27.0. The molecule has 200 valence electrons. The fraction of sp³-hybridized carbons (Fsp3) is 0.481. The van der Waals surface area contributed by atoms with Crippen LogP contribution >= 0.6 is 11.6 Å². The monoisotopic (exact) mass is 531 g/mol. The summed E-state index contributed by atoms with van der Waals surface area (Å²) >= 11 is 6.51. The van der Waals surface area contributed by atoms with Crippen LogP contribution in [0.2, 0.25) is 5.02 Å². The van der Waals surface area contributed by atoms with Gasteiger partial charge in [-0.15, -0.1) is 0 Å². The molecule has 1 fully saturated rings. The molecule has 37 heavy (non-hydrogen) atoms. The Morgan fingerprint density at radius 1 is 1.16 bits per heavy atom. The highest BCUT2D eigenvalue weighted by atomic mass is 35.5. The van der Waals surface area contributed by atoms with Crippen LogP contribution in [0.5, 0.6) is 0 Å². The number of alkyl halides is 2. The first-order valence-corrected chi connectivity index (χ1v) is 12.7. The Morgan fingerprint density at radius 2 is 1.81 bits per heavy atom. The molecular formula is C27H36ClF2N7. The van der Waals surface area contributed by atoms with Crippen molar-refractivity contribution in [3.63, 3.8) is 0 Å². The zero-order valence-corrected chi connectivity index (χ0v) is 22.9. The number of nitrogens with two attached hydrogens (primary N) is 2. The maximum atomic E-state index is 13.5. The predicted octanol–water partition coefficient (Wildman–Crippen LogP) is 6.02. The largest absolute Gasteiger partial charge is 0.387 e. The van der Waals surface area contributed by atoms with Gasteiger partial charge in [-0.2, -0.15) is 0 Å². The van der Waals surface area contributed by atoms with Crippen LogP contribution in [0.1, 0.15) is 74.4 Å². The average molecular weight is 532 g/mol. The van der Waals surface area contributed by atoms with E-state index >= 15 is 0 Å². The molecule has 1 aromatic carbocycles. The standard InChI is InChI=1S/C27H36ClF2N7/c1-15-18(13-33-25(32)26(4,5)6)7-8-20(28)21(15)23(31)36-17(3)22-16(2)24(35-14-34-22)37-19-9-11-27(29,30)12-10-19/h7-8,14,19H,3,9-13H2,1-2,4-6H3,(H2,31,36)(H2,32,33)(H,34,35,37). The van der Waals surface area contributed by atoms with Gasteiger partial charge < -0.3 is 16.8 Å². The van der Waals surface area contributed by atoms with Gasteiger partial charge in [-0.05, 0) is 43.9 Å². The number of nitrogens with zero attached hydrogens (tertiary/aromatic N) is 4. The maximum absolute atomic E-state index is 13.5. The Balaban J connectivity index is 1.84. The van der Waals surface area contributed by atoms with E-state index in [0.29, 0.717) is 58.6 Å². The molecule has 1 aliphatic carbocycles. The van der Waals surface area contributed by atoms with Crippen molar-refractivity contribution in [2.24, 2.45) is 26.9 Å². The third kappa shape index (κ3) is 7.03. The molecule has 0 spiro atoms. The van der Waals surface area contributed by atoms with Crippen LogP contribution in [-0.4, -0.2) is 33.6 Å². The second kappa shape index (κ2) is 11.1. The molecule has 0 saturated heterocycles. The highest BCUT2D eigenvalue weighted by molar-refractivity contribution is 6.34. The molecule has 1 heterocycles. The van der Waals surface area contributed by atoms with Crippen LogP contribution in [0, 0.1) is 19.3 Å². The van der Waals surface area contributed by atoms with Gasteiger partial charge in [0.05, 0.1) is 28.8 Å². The zero-order chi connectivity index (χ0) is 27.5. The van der Waals surface area contributed by atoms with Gasteiger partial charge in [-0.1, -0.05) is 45.0 Å². The molecule has 0 radical (unpaired) electrons. The molecule has 7 nitrogen and oxygen atoms in total. The Bertz CT molecular complexity index is 1220. The predicted molar refractivity (Wildman–Crippen MR) is 148 cm³/mol. The fourth-order valence-electron chi connectivity index (χ4n) is 4.13. The van der Waals surface area contributed by atoms with Crippen LogP contribution in [0.3, 0.4) is 0 Å². The van der Waals surface area contributed by atoms with E-state index in [1.807, 2.05) is 40.7 Å². The number of nitrogens with one attached hydrogen (secondary N) is 1. The van der Waals surface area contributed by atoms with Crippen molar-refractivity contribution < 1.29 is 8.78 Å². The van der Waals surface area contributed by atoms with Gasteiger partial charge in [0.2, 0.25) is 5.92 Å². The van der Waals surface area contributed by atoms with Crippen LogP contribution in [0.25, 0.3) is 5.70 Å². The first-order chi connectivity index (χ1) is 17.2. The normalized spacial score (nSPS) is 17.1. The summed E-state index contributed by atoms with van der Waals surface area (Å²) in [7, 11) is 0. The molecule has 1 aliphatic rings. The molecule has 0 amide bonds. The van der Waals surface area contributed by atoms with E-state index in [-0.39, 0.29) is 30.1 Å². The van der Waals surface area contributed by atoms with Gasteiger partial charge in [0.25, 0.3) is 0 Å². The summed E-state index contributed by atoms with van der Waals surface area (Å²) in [4.78, 5) is 17.7. The number of halogens is 3. The van der Waals surface area contributed by atoms with Gasteiger partial charge in [0.1, 0.15) is 18.0 Å². The molecule has 0 atom stereocenters. The number of benzene rings is 1. The topological polar surface area (TPSA) is 115 Å². The molecule has 2 aromatic rings. The van der Waals surface area contributed by atoms with Crippen LogP contribution in [-0.2, 0) is 6.54 Å². The van der Waals surface area contributed by atoms with Crippen molar-refractivity contribution in [2.75, 3.05) is 5.32 Å². The molecule has 5 N–H and O–H groups in total. The van der Waals surface area contributed by atoms with Gasteiger partial charge >= 0.3 is 0 Å². The maximum Gasteiger partial charge on any atom is 0.248 e. The Morgan fingerprint density at radius 3 is 2.43 bits per heavy atom. The number of hydrogen-bond acceptors (Lipinski definition) is 5.